The Labute approximate surface area is 166 Å². The molecular formula is C22H28N2O4. The van der Waals surface area contributed by atoms with Crippen molar-refractivity contribution in [1.29, 1.82) is 0 Å². The lowest BCUT2D eigenvalue weighted by atomic mass is 10.1. The van der Waals surface area contributed by atoms with Crippen LogP contribution in [-0.4, -0.2) is 51.9 Å². The average Bonchev–Trinajstić information content (AvgIpc) is 3.13. The summed E-state index contributed by atoms with van der Waals surface area (Å²) in [5.74, 6) is 2.84. The smallest absolute Gasteiger partial charge is 0.203 e. The average molecular weight is 384 g/mol. The number of methoxy groups -OCH3 is 4. The summed E-state index contributed by atoms with van der Waals surface area (Å²) in [5, 5.41) is 1.21. The molecule has 0 spiro atoms. The highest BCUT2D eigenvalue weighted by atomic mass is 16.5. The molecule has 0 aliphatic heterocycles. The lowest BCUT2D eigenvalue weighted by Gasteiger charge is -2.19. The molecule has 0 radical (unpaired) electrons. The highest BCUT2D eigenvalue weighted by molar-refractivity contribution is 5.84. The number of hydrogen-bond acceptors (Lipinski definition) is 5. The number of ether oxygens (including phenoxy) is 4. The molecule has 6 nitrogen and oxygen atoms in total. The van der Waals surface area contributed by atoms with Gasteiger partial charge in [-0.3, -0.25) is 0 Å². The van der Waals surface area contributed by atoms with Gasteiger partial charge in [0.25, 0.3) is 0 Å². The van der Waals surface area contributed by atoms with E-state index < -0.39 is 0 Å². The zero-order valence-electron chi connectivity index (χ0n) is 17.2. The summed E-state index contributed by atoms with van der Waals surface area (Å²) < 4.78 is 21.7. The first-order valence-corrected chi connectivity index (χ1v) is 9.21. The number of rotatable bonds is 9. The molecule has 3 rings (SSSR count). The van der Waals surface area contributed by atoms with Crippen LogP contribution in [0.3, 0.4) is 0 Å². The van der Waals surface area contributed by atoms with Crippen LogP contribution in [0, 0.1) is 0 Å². The van der Waals surface area contributed by atoms with E-state index in [9.17, 15) is 0 Å². The van der Waals surface area contributed by atoms with E-state index in [0.717, 1.165) is 36.3 Å². The van der Waals surface area contributed by atoms with E-state index in [1.165, 1.54) is 10.9 Å². The largest absolute Gasteiger partial charge is 0.497 e. The van der Waals surface area contributed by atoms with Crippen molar-refractivity contribution in [2.75, 3.05) is 42.0 Å². The Kier molecular flexibility index (Phi) is 6.31. The molecule has 1 N–H and O–H groups in total. The Morgan fingerprint density at radius 1 is 0.893 bits per heavy atom. The van der Waals surface area contributed by atoms with Gasteiger partial charge in [0, 0.05) is 30.2 Å². The first-order valence-electron chi connectivity index (χ1n) is 9.21. The van der Waals surface area contributed by atoms with Gasteiger partial charge < -0.3 is 28.8 Å². The maximum Gasteiger partial charge on any atom is 0.203 e. The zero-order valence-corrected chi connectivity index (χ0v) is 17.2. The van der Waals surface area contributed by atoms with Crippen LogP contribution in [0.5, 0.6) is 23.0 Å². The van der Waals surface area contributed by atoms with E-state index in [0.29, 0.717) is 17.2 Å². The molecule has 0 bridgehead atoms. The van der Waals surface area contributed by atoms with Gasteiger partial charge in [-0.25, -0.2) is 0 Å². The Morgan fingerprint density at radius 3 is 2.21 bits per heavy atom. The van der Waals surface area contributed by atoms with Gasteiger partial charge in [-0.15, -0.1) is 0 Å². The maximum absolute atomic E-state index is 5.45. The van der Waals surface area contributed by atoms with Crippen molar-refractivity contribution in [3.05, 3.63) is 47.7 Å². The molecule has 1 aromatic heterocycles. The second kappa shape index (κ2) is 8.89. The molecule has 0 fully saturated rings. The van der Waals surface area contributed by atoms with Crippen molar-refractivity contribution in [2.45, 2.75) is 13.0 Å². The fourth-order valence-corrected chi connectivity index (χ4v) is 3.42. The van der Waals surface area contributed by atoms with E-state index in [1.54, 1.807) is 28.4 Å². The predicted octanol–water partition coefficient (Wildman–Crippen LogP) is 3.88. The lowest BCUT2D eigenvalue weighted by Crippen LogP contribution is -2.20. The van der Waals surface area contributed by atoms with Crippen molar-refractivity contribution in [3.8, 4) is 23.0 Å². The number of nitrogens with zero attached hydrogens (tertiary/aromatic N) is 1. The summed E-state index contributed by atoms with van der Waals surface area (Å²) >= 11 is 0. The third-order valence-corrected chi connectivity index (χ3v) is 4.91. The van der Waals surface area contributed by atoms with Gasteiger partial charge in [0.1, 0.15) is 5.75 Å². The fraction of sp³-hybridized carbons (Fsp3) is 0.364. The maximum atomic E-state index is 5.45. The topological polar surface area (TPSA) is 56.0 Å². The fourth-order valence-electron chi connectivity index (χ4n) is 3.42. The van der Waals surface area contributed by atoms with Gasteiger partial charge in [0.05, 0.1) is 28.4 Å². The van der Waals surface area contributed by atoms with Gasteiger partial charge in [0.15, 0.2) is 11.5 Å². The Morgan fingerprint density at radius 2 is 1.61 bits per heavy atom. The second-order valence-corrected chi connectivity index (χ2v) is 6.75. The normalized spacial score (nSPS) is 11.1. The molecule has 0 saturated carbocycles. The number of likely N-dealkylation sites (N-methyl/N-ethyl adjacent to an activating group) is 1. The van der Waals surface area contributed by atoms with Crippen molar-refractivity contribution in [2.24, 2.45) is 0 Å². The number of aromatic amines is 1. The van der Waals surface area contributed by atoms with Gasteiger partial charge >= 0.3 is 0 Å². The zero-order chi connectivity index (χ0) is 20.1. The van der Waals surface area contributed by atoms with Crippen LogP contribution in [0.1, 0.15) is 11.1 Å². The van der Waals surface area contributed by atoms with E-state index >= 15 is 0 Å². The molecule has 150 valence electrons. The predicted molar refractivity (Wildman–Crippen MR) is 111 cm³/mol. The quantitative estimate of drug-likeness (QED) is 0.607. The molecular weight excluding hydrogens is 356 g/mol. The lowest BCUT2D eigenvalue weighted by molar-refractivity contribution is 0.314. The number of benzene rings is 2. The SMILES string of the molecule is COc1ccc2[nH]cc(CCN(C)Cc3cc(OC)c(OC)c(OC)c3)c2c1. The number of aromatic nitrogens is 1. The van der Waals surface area contributed by atoms with Crippen LogP contribution in [0.2, 0.25) is 0 Å². The minimum Gasteiger partial charge on any atom is -0.497 e. The summed E-state index contributed by atoms with van der Waals surface area (Å²) in [6.07, 6.45) is 3.02. The highest BCUT2D eigenvalue weighted by Gasteiger charge is 2.14. The van der Waals surface area contributed by atoms with E-state index in [2.05, 4.69) is 35.3 Å². The van der Waals surface area contributed by atoms with Crippen molar-refractivity contribution in [1.82, 2.24) is 9.88 Å². The molecule has 0 atom stereocenters. The standard InChI is InChI=1S/C22H28N2O4/c1-24(14-15-10-20(26-3)22(28-5)21(11-15)27-4)9-8-16-13-23-19-7-6-17(25-2)12-18(16)19/h6-7,10-13,23H,8-9,14H2,1-5H3. The molecule has 0 saturated heterocycles. The summed E-state index contributed by atoms with van der Waals surface area (Å²) in [5.41, 5.74) is 3.52. The number of nitrogens with one attached hydrogen (secondary N) is 1. The molecule has 0 aliphatic carbocycles. The van der Waals surface area contributed by atoms with Crippen LogP contribution < -0.4 is 18.9 Å². The Bertz CT molecular complexity index is 910. The molecule has 3 aromatic rings. The van der Waals surface area contributed by atoms with Gasteiger partial charge in [-0.2, -0.15) is 0 Å². The molecule has 0 aliphatic rings. The molecule has 6 heteroatoms. The van der Waals surface area contributed by atoms with Crippen LogP contribution in [-0.2, 0) is 13.0 Å². The van der Waals surface area contributed by atoms with E-state index in [1.807, 2.05) is 18.2 Å². The van der Waals surface area contributed by atoms with Crippen molar-refractivity contribution < 1.29 is 18.9 Å². The summed E-state index contributed by atoms with van der Waals surface area (Å²) in [4.78, 5) is 5.61. The van der Waals surface area contributed by atoms with Crippen molar-refractivity contribution >= 4 is 10.9 Å². The van der Waals surface area contributed by atoms with E-state index in [4.69, 9.17) is 18.9 Å². The van der Waals surface area contributed by atoms with Gasteiger partial charge in [0.2, 0.25) is 5.75 Å². The van der Waals surface area contributed by atoms with Gasteiger partial charge in [-0.1, -0.05) is 0 Å². The molecule has 0 amide bonds. The summed E-state index contributed by atoms with van der Waals surface area (Å²) in [6, 6.07) is 10.1. The Balaban J connectivity index is 1.70. The van der Waals surface area contributed by atoms with Crippen LogP contribution in [0.25, 0.3) is 10.9 Å². The third kappa shape index (κ3) is 4.17. The first kappa shape index (κ1) is 19.9. The number of fused-ring (bicyclic) bond motifs is 1. The van der Waals surface area contributed by atoms with Crippen LogP contribution >= 0.6 is 0 Å². The second-order valence-electron chi connectivity index (χ2n) is 6.75. The monoisotopic (exact) mass is 384 g/mol. The van der Waals surface area contributed by atoms with Crippen LogP contribution in [0.15, 0.2) is 36.5 Å². The Hall–Kier alpha value is -2.86. The molecule has 2 aromatic carbocycles. The molecule has 1 heterocycles. The summed E-state index contributed by atoms with van der Waals surface area (Å²) in [7, 11) is 8.69. The van der Waals surface area contributed by atoms with Crippen LogP contribution in [0.4, 0.5) is 0 Å². The summed E-state index contributed by atoms with van der Waals surface area (Å²) in [6.45, 7) is 1.70. The van der Waals surface area contributed by atoms with Gasteiger partial charge in [-0.05, 0) is 54.9 Å². The molecule has 0 unspecified atom stereocenters. The minimum absolute atomic E-state index is 0.615. The van der Waals surface area contributed by atoms with Crippen molar-refractivity contribution in [3.63, 3.8) is 0 Å². The minimum atomic E-state index is 0.615. The molecule has 28 heavy (non-hydrogen) atoms. The van der Waals surface area contributed by atoms with E-state index in [-0.39, 0.29) is 0 Å². The number of H-pyrrole nitrogens is 1. The first-order chi connectivity index (χ1) is 13.6. The number of hydrogen-bond donors (Lipinski definition) is 1. The highest BCUT2D eigenvalue weighted by Crippen LogP contribution is 2.38. The third-order valence-electron chi connectivity index (χ3n) is 4.91.